The largest absolute Gasteiger partial charge is 0.452 e. The molecule has 0 bridgehead atoms. The van der Waals surface area contributed by atoms with E-state index >= 15 is 0 Å². The predicted octanol–water partition coefficient (Wildman–Crippen LogP) is 2.76. The van der Waals surface area contributed by atoms with Gasteiger partial charge in [0.15, 0.2) is 6.61 Å². The van der Waals surface area contributed by atoms with E-state index in [1.165, 1.54) is 16.6 Å². The van der Waals surface area contributed by atoms with Gasteiger partial charge in [0, 0.05) is 12.2 Å². The molecule has 0 saturated carbocycles. The number of ether oxygens (including phenoxy) is 1. The minimum absolute atomic E-state index is 0.292. The maximum Gasteiger partial charge on any atom is 0.338 e. The number of fused-ring (bicyclic) bond motifs is 1. The summed E-state index contributed by atoms with van der Waals surface area (Å²) in [5, 5.41) is 2.75. The van der Waals surface area contributed by atoms with Gasteiger partial charge in [0.05, 0.1) is 17.5 Å². The van der Waals surface area contributed by atoms with E-state index < -0.39 is 28.5 Å². The molecule has 0 saturated heterocycles. The van der Waals surface area contributed by atoms with Gasteiger partial charge in [-0.3, -0.25) is 9.10 Å². The predicted molar refractivity (Wildman–Crippen MR) is 112 cm³/mol. The molecule has 0 atom stereocenters. The van der Waals surface area contributed by atoms with E-state index in [1.54, 1.807) is 18.2 Å². The smallest absolute Gasteiger partial charge is 0.338 e. The van der Waals surface area contributed by atoms with Gasteiger partial charge in [0.25, 0.3) is 5.91 Å². The summed E-state index contributed by atoms with van der Waals surface area (Å²) < 4.78 is 30.3. The highest BCUT2D eigenvalue weighted by Crippen LogP contribution is 2.30. The molecule has 0 fully saturated rings. The van der Waals surface area contributed by atoms with Gasteiger partial charge < -0.3 is 10.1 Å². The number of hydrogen-bond acceptors (Lipinski definition) is 5. The molecule has 1 N–H and O–H groups in total. The fourth-order valence-corrected chi connectivity index (χ4v) is 4.38. The third-order valence-electron chi connectivity index (χ3n) is 4.80. The Morgan fingerprint density at radius 2 is 1.93 bits per heavy atom. The molecular weight excluding hydrogens is 392 g/mol. The molecular formula is C21H24N2O5S. The fourth-order valence-electron chi connectivity index (χ4n) is 3.39. The molecule has 2 aromatic rings. The van der Waals surface area contributed by atoms with Gasteiger partial charge >= 0.3 is 5.97 Å². The molecule has 1 aliphatic rings. The van der Waals surface area contributed by atoms with Gasteiger partial charge in [-0.15, -0.1) is 0 Å². The van der Waals surface area contributed by atoms with Gasteiger partial charge in [0.1, 0.15) is 0 Å². The summed E-state index contributed by atoms with van der Waals surface area (Å²) in [6.07, 6.45) is 3.30. The number of sulfonamides is 1. The number of esters is 1. The van der Waals surface area contributed by atoms with Crippen LogP contribution in [-0.2, 0) is 32.4 Å². The lowest BCUT2D eigenvalue weighted by Crippen LogP contribution is -2.34. The highest BCUT2D eigenvalue weighted by Gasteiger charge is 2.25. The molecule has 0 unspecified atom stereocenters. The number of nitrogens with zero attached hydrogens (tertiary/aromatic N) is 1. The average molecular weight is 416 g/mol. The fraction of sp³-hybridized carbons (Fsp3) is 0.333. The van der Waals surface area contributed by atoms with Crippen molar-refractivity contribution in [3.63, 3.8) is 0 Å². The van der Waals surface area contributed by atoms with Gasteiger partial charge in [-0.2, -0.15) is 0 Å². The normalized spacial score (nSPS) is 13.5. The number of carbonyl (C=O) groups excluding carboxylic acids is 2. The third kappa shape index (κ3) is 4.95. The van der Waals surface area contributed by atoms with Crippen LogP contribution in [0.25, 0.3) is 0 Å². The molecule has 0 spiro atoms. The molecule has 7 nitrogen and oxygen atoms in total. The number of rotatable bonds is 6. The summed E-state index contributed by atoms with van der Waals surface area (Å²) in [7, 11) is -3.37. The number of anilines is 2. The van der Waals surface area contributed by atoms with Crippen molar-refractivity contribution in [2.45, 2.75) is 26.2 Å². The first-order chi connectivity index (χ1) is 13.8. The second-order valence-electron chi connectivity index (χ2n) is 6.92. The maximum absolute atomic E-state index is 12.4. The number of nitrogens with one attached hydrogen (secondary N) is 1. The Labute approximate surface area is 170 Å². The van der Waals surface area contributed by atoms with Crippen molar-refractivity contribution in [1.29, 1.82) is 0 Å². The van der Waals surface area contributed by atoms with Crippen LogP contribution in [-0.4, -0.2) is 39.7 Å². The zero-order valence-corrected chi connectivity index (χ0v) is 17.3. The summed E-state index contributed by atoms with van der Waals surface area (Å²) in [4.78, 5) is 24.5. The number of aryl methyl sites for hydroxylation is 2. The quantitative estimate of drug-likeness (QED) is 0.731. The molecule has 1 heterocycles. The van der Waals surface area contributed by atoms with Crippen LogP contribution in [0.5, 0.6) is 0 Å². The second kappa shape index (κ2) is 8.65. The Morgan fingerprint density at radius 3 is 2.66 bits per heavy atom. The molecule has 0 aromatic heterocycles. The second-order valence-corrected chi connectivity index (χ2v) is 8.82. The molecule has 8 heteroatoms. The summed E-state index contributed by atoms with van der Waals surface area (Å²) in [6.45, 7) is 2.02. The topological polar surface area (TPSA) is 92.8 Å². The van der Waals surface area contributed by atoms with E-state index in [0.717, 1.165) is 17.5 Å². The maximum atomic E-state index is 12.4. The minimum Gasteiger partial charge on any atom is -0.452 e. The molecule has 2 aromatic carbocycles. The van der Waals surface area contributed by atoms with E-state index in [1.807, 2.05) is 25.1 Å². The number of amides is 1. The highest BCUT2D eigenvalue weighted by atomic mass is 32.2. The van der Waals surface area contributed by atoms with Crippen molar-refractivity contribution >= 4 is 33.3 Å². The monoisotopic (exact) mass is 416 g/mol. The molecule has 1 amide bonds. The standard InChI is InChI=1S/C21H24N2O5S/c1-3-15-7-4-5-9-18(15)22-20(24)14-28-21(25)17-10-11-19-16(13-17)8-6-12-23(19)29(2,26)27/h4-5,7,9-11,13H,3,6,8,12,14H2,1-2H3,(H,22,24). The molecule has 0 aliphatic carbocycles. The van der Waals surface area contributed by atoms with Crippen molar-refractivity contribution in [2.75, 3.05) is 29.0 Å². The van der Waals surface area contributed by atoms with Crippen LogP contribution in [0, 0.1) is 0 Å². The highest BCUT2D eigenvalue weighted by molar-refractivity contribution is 7.92. The number of benzene rings is 2. The van der Waals surface area contributed by atoms with Crippen LogP contribution >= 0.6 is 0 Å². The molecule has 0 radical (unpaired) electrons. The summed E-state index contributed by atoms with van der Waals surface area (Å²) in [5.41, 5.74) is 3.35. The molecule has 154 valence electrons. The van der Waals surface area contributed by atoms with Crippen LogP contribution < -0.4 is 9.62 Å². The lowest BCUT2D eigenvalue weighted by atomic mass is 10.0. The first kappa shape index (κ1) is 20.9. The van der Waals surface area contributed by atoms with Crippen molar-refractivity contribution in [1.82, 2.24) is 0 Å². The zero-order chi connectivity index (χ0) is 21.0. The zero-order valence-electron chi connectivity index (χ0n) is 16.5. The molecule has 3 rings (SSSR count). The van der Waals surface area contributed by atoms with E-state index in [-0.39, 0.29) is 0 Å². The van der Waals surface area contributed by atoms with Crippen molar-refractivity contribution in [2.24, 2.45) is 0 Å². The lowest BCUT2D eigenvalue weighted by Gasteiger charge is -2.29. The molecule has 29 heavy (non-hydrogen) atoms. The van der Waals surface area contributed by atoms with Gasteiger partial charge in [-0.05, 0) is 54.7 Å². The first-order valence-electron chi connectivity index (χ1n) is 9.45. The van der Waals surface area contributed by atoms with Crippen LogP contribution in [0.3, 0.4) is 0 Å². The number of carbonyl (C=O) groups is 2. The summed E-state index contributed by atoms with van der Waals surface area (Å²) >= 11 is 0. The van der Waals surface area contributed by atoms with E-state index in [4.69, 9.17) is 4.74 Å². The van der Waals surface area contributed by atoms with Crippen LogP contribution in [0.4, 0.5) is 11.4 Å². The van der Waals surface area contributed by atoms with Crippen molar-refractivity contribution in [3.05, 3.63) is 59.2 Å². The lowest BCUT2D eigenvalue weighted by molar-refractivity contribution is -0.119. The summed E-state index contributed by atoms with van der Waals surface area (Å²) in [5.74, 6) is -1.04. The minimum atomic E-state index is -3.37. The summed E-state index contributed by atoms with van der Waals surface area (Å²) in [6, 6.07) is 12.2. The Hall–Kier alpha value is -2.87. The SMILES string of the molecule is CCc1ccccc1NC(=O)COC(=O)c1ccc2c(c1)CCCN2S(C)(=O)=O. The number of hydrogen-bond donors (Lipinski definition) is 1. The van der Waals surface area contributed by atoms with E-state index in [0.29, 0.717) is 36.3 Å². The van der Waals surface area contributed by atoms with Gasteiger partial charge in [-0.25, -0.2) is 13.2 Å². The van der Waals surface area contributed by atoms with Crippen molar-refractivity contribution in [3.8, 4) is 0 Å². The van der Waals surface area contributed by atoms with E-state index in [2.05, 4.69) is 5.32 Å². The Morgan fingerprint density at radius 1 is 1.17 bits per heavy atom. The average Bonchev–Trinajstić information content (AvgIpc) is 2.70. The number of para-hydroxylation sites is 1. The van der Waals surface area contributed by atoms with Crippen molar-refractivity contribution < 1.29 is 22.7 Å². The Kier molecular flexibility index (Phi) is 6.22. The first-order valence-corrected chi connectivity index (χ1v) is 11.3. The van der Waals surface area contributed by atoms with Gasteiger partial charge in [0.2, 0.25) is 10.0 Å². The Bertz CT molecular complexity index is 1030. The van der Waals surface area contributed by atoms with Crippen LogP contribution in [0.15, 0.2) is 42.5 Å². The van der Waals surface area contributed by atoms with E-state index in [9.17, 15) is 18.0 Å². The van der Waals surface area contributed by atoms with Gasteiger partial charge in [-0.1, -0.05) is 25.1 Å². The van der Waals surface area contributed by atoms with Crippen LogP contribution in [0.1, 0.15) is 34.8 Å². The molecule has 1 aliphatic heterocycles. The third-order valence-corrected chi connectivity index (χ3v) is 5.98. The van der Waals surface area contributed by atoms with Crippen LogP contribution in [0.2, 0.25) is 0 Å². The Balaban J connectivity index is 1.65.